The molecule has 0 aliphatic heterocycles. The quantitative estimate of drug-likeness (QED) is 0.441. The van der Waals surface area contributed by atoms with Gasteiger partial charge in [0.1, 0.15) is 6.20 Å². The summed E-state index contributed by atoms with van der Waals surface area (Å²) in [6, 6.07) is 4.81. The van der Waals surface area contributed by atoms with E-state index in [1.54, 1.807) is 12.1 Å². The molecule has 112 valence electrons. The van der Waals surface area contributed by atoms with Gasteiger partial charge in [0.2, 0.25) is 0 Å². The van der Waals surface area contributed by atoms with Gasteiger partial charge in [0.15, 0.2) is 14.7 Å². The molecule has 1 aromatic heterocycles. The number of rotatable bonds is 5. The van der Waals surface area contributed by atoms with E-state index in [0.29, 0.717) is 9.99 Å². The van der Waals surface area contributed by atoms with Crippen LogP contribution in [0.1, 0.15) is 6.42 Å². The Morgan fingerprint density at radius 3 is 2.71 bits per heavy atom. The highest BCUT2D eigenvalue weighted by atomic mass is 79.9. The van der Waals surface area contributed by atoms with Crippen LogP contribution in [-0.4, -0.2) is 30.0 Å². The summed E-state index contributed by atoms with van der Waals surface area (Å²) in [4.78, 5) is 14.0. The van der Waals surface area contributed by atoms with Crippen molar-refractivity contribution in [2.75, 3.05) is 11.6 Å². The van der Waals surface area contributed by atoms with Crippen LogP contribution in [0.3, 0.4) is 0 Å². The number of alkyl halides is 1. The molecule has 6 nitrogen and oxygen atoms in total. The standard InChI is InChI=1S/C12H10BrClN2O4S/c13-8-2-3-10-9(6-8)12(11(7-15-10)16(17)18)21(19,20)5-1-4-14/h2-3,6-7H,1,4-5H2. The highest BCUT2D eigenvalue weighted by molar-refractivity contribution is 9.10. The SMILES string of the molecule is O=[N+]([O-])c1cnc2ccc(Br)cc2c1S(=O)(=O)CCCCl. The number of sulfone groups is 1. The van der Waals surface area contributed by atoms with Gasteiger partial charge in [0.25, 0.3) is 0 Å². The van der Waals surface area contributed by atoms with E-state index in [0.717, 1.165) is 6.20 Å². The molecule has 0 aliphatic carbocycles. The molecule has 0 N–H and O–H groups in total. The van der Waals surface area contributed by atoms with E-state index < -0.39 is 20.4 Å². The number of benzene rings is 1. The van der Waals surface area contributed by atoms with Crippen molar-refractivity contribution in [3.63, 3.8) is 0 Å². The molecule has 0 atom stereocenters. The zero-order chi connectivity index (χ0) is 15.6. The van der Waals surface area contributed by atoms with Gasteiger partial charge in [-0.15, -0.1) is 11.6 Å². The number of nitrogens with zero attached hydrogens (tertiary/aromatic N) is 2. The predicted molar refractivity (Wildman–Crippen MR) is 83.5 cm³/mol. The lowest BCUT2D eigenvalue weighted by Crippen LogP contribution is -2.11. The fourth-order valence-electron chi connectivity index (χ4n) is 1.93. The molecule has 0 amide bonds. The number of pyridine rings is 1. The Morgan fingerprint density at radius 2 is 2.10 bits per heavy atom. The zero-order valence-corrected chi connectivity index (χ0v) is 13.8. The maximum atomic E-state index is 12.4. The van der Waals surface area contributed by atoms with Gasteiger partial charge >= 0.3 is 5.69 Å². The third-order valence-electron chi connectivity index (χ3n) is 2.82. The summed E-state index contributed by atoms with van der Waals surface area (Å²) < 4.78 is 25.5. The van der Waals surface area contributed by atoms with Gasteiger partial charge in [-0.1, -0.05) is 15.9 Å². The lowest BCUT2D eigenvalue weighted by Gasteiger charge is -2.08. The molecule has 2 aromatic rings. The number of hydrogen-bond donors (Lipinski definition) is 0. The zero-order valence-electron chi connectivity index (χ0n) is 10.6. The van der Waals surface area contributed by atoms with Crippen molar-refractivity contribution < 1.29 is 13.3 Å². The topological polar surface area (TPSA) is 90.2 Å². The molecule has 1 heterocycles. The summed E-state index contributed by atoms with van der Waals surface area (Å²) in [6.45, 7) is 0. The number of nitro groups is 1. The fourth-order valence-corrected chi connectivity index (χ4v) is 4.26. The Balaban J connectivity index is 2.81. The highest BCUT2D eigenvalue weighted by Gasteiger charge is 2.29. The summed E-state index contributed by atoms with van der Waals surface area (Å²) in [5.41, 5.74) is -0.136. The van der Waals surface area contributed by atoms with E-state index in [1.165, 1.54) is 6.07 Å². The lowest BCUT2D eigenvalue weighted by molar-refractivity contribution is -0.387. The highest BCUT2D eigenvalue weighted by Crippen LogP contribution is 2.33. The van der Waals surface area contributed by atoms with E-state index >= 15 is 0 Å². The Bertz CT molecular complexity index is 810. The van der Waals surface area contributed by atoms with E-state index in [4.69, 9.17) is 11.6 Å². The molecule has 0 unspecified atom stereocenters. The Hall–Kier alpha value is -1.25. The van der Waals surface area contributed by atoms with Crippen LogP contribution in [0.2, 0.25) is 0 Å². The summed E-state index contributed by atoms with van der Waals surface area (Å²) in [6.07, 6.45) is 1.20. The molecule has 1 aromatic carbocycles. The van der Waals surface area contributed by atoms with Crippen molar-refractivity contribution in [2.24, 2.45) is 0 Å². The van der Waals surface area contributed by atoms with Crippen molar-refractivity contribution in [1.82, 2.24) is 4.98 Å². The molecule has 0 saturated carbocycles. The molecule has 9 heteroatoms. The van der Waals surface area contributed by atoms with Crippen LogP contribution >= 0.6 is 27.5 Å². The van der Waals surface area contributed by atoms with Crippen molar-refractivity contribution in [3.8, 4) is 0 Å². The lowest BCUT2D eigenvalue weighted by atomic mass is 10.2. The predicted octanol–water partition coefficient (Wildman–Crippen LogP) is 3.31. The minimum atomic E-state index is -3.83. The third-order valence-corrected chi connectivity index (χ3v) is 5.45. The fraction of sp³-hybridized carbons (Fsp3) is 0.250. The van der Waals surface area contributed by atoms with Crippen LogP contribution in [0.25, 0.3) is 10.9 Å². The van der Waals surface area contributed by atoms with E-state index in [-0.39, 0.29) is 28.3 Å². The first-order valence-corrected chi connectivity index (χ1v) is 8.86. The van der Waals surface area contributed by atoms with E-state index in [9.17, 15) is 18.5 Å². The van der Waals surface area contributed by atoms with Crippen molar-refractivity contribution in [1.29, 1.82) is 0 Å². The molecule has 0 spiro atoms. The normalized spacial score (nSPS) is 11.7. The Morgan fingerprint density at radius 1 is 1.38 bits per heavy atom. The molecule has 21 heavy (non-hydrogen) atoms. The average Bonchev–Trinajstić information content (AvgIpc) is 2.43. The van der Waals surface area contributed by atoms with Gasteiger partial charge in [-0.2, -0.15) is 0 Å². The maximum Gasteiger partial charge on any atom is 0.306 e. The van der Waals surface area contributed by atoms with Crippen LogP contribution in [-0.2, 0) is 9.84 Å². The van der Waals surface area contributed by atoms with Gasteiger partial charge in [0.05, 0.1) is 16.2 Å². The molecule has 2 rings (SSSR count). The largest absolute Gasteiger partial charge is 0.306 e. The van der Waals surface area contributed by atoms with Gasteiger partial charge < -0.3 is 0 Å². The molecular weight excluding hydrogens is 384 g/mol. The summed E-state index contributed by atoms with van der Waals surface area (Å²) in [5, 5.41) is 11.4. The first-order valence-electron chi connectivity index (χ1n) is 5.88. The molecule has 0 saturated heterocycles. The van der Waals surface area contributed by atoms with Crippen LogP contribution in [0, 0.1) is 10.1 Å². The second kappa shape index (κ2) is 6.25. The second-order valence-electron chi connectivity index (χ2n) is 4.25. The summed E-state index contributed by atoms with van der Waals surface area (Å²) >= 11 is 8.76. The second-order valence-corrected chi connectivity index (χ2v) is 7.59. The van der Waals surface area contributed by atoms with E-state index in [2.05, 4.69) is 20.9 Å². The summed E-state index contributed by atoms with van der Waals surface area (Å²) in [7, 11) is -3.83. The van der Waals surface area contributed by atoms with Crippen LogP contribution in [0.5, 0.6) is 0 Å². The first kappa shape index (κ1) is 16.1. The number of fused-ring (bicyclic) bond motifs is 1. The third kappa shape index (κ3) is 3.33. The number of aromatic nitrogens is 1. The van der Waals surface area contributed by atoms with E-state index in [1.807, 2.05) is 0 Å². The Labute approximate surface area is 134 Å². The molecule has 0 aliphatic rings. The van der Waals surface area contributed by atoms with Crippen LogP contribution < -0.4 is 0 Å². The Kier molecular flexibility index (Phi) is 4.80. The molecule has 0 fully saturated rings. The number of hydrogen-bond acceptors (Lipinski definition) is 5. The molecule has 0 radical (unpaired) electrons. The van der Waals surface area contributed by atoms with Crippen molar-refractivity contribution in [2.45, 2.75) is 11.3 Å². The van der Waals surface area contributed by atoms with Gasteiger partial charge in [-0.25, -0.2) is 13.4 Å². The monoisotopic (exact) mass is 392 g/mol. The first-order chi connectivity index (χ1) is 9.86. The average molecular weight is 394 g/mol. The number of halogens is 2. The molecular formula is C12H10BrClN2O4S. The molecule has 0 bridgehead atoms. The van der Waals surface area contributed by atoms with Crippen molar-refractivity contribution in [3.05, 3.63) is 39.0 Å². The van der Waals surface area contributed by atoms with Crippen molar-refractivity contribution >= 4 is 54.0 Å². The minimum absolute atomic E-state index is 0.166. The smallest absolute Gasteiger partial charge is 0.258 e. The minimum Gasteiger partial charge on any atom is -0.258 e. The summed E-state index contributed by atoms with van der Waals surface area (Å²) in [5.74, 6) is -0.0806. The van der Waals surface area contributed by atoms with Crippen LogP contribution in [0.15, 0.2) is 33.8 Å². The van der Waals surface area contributed by atoms with Gasteiger partial charge in [-0.3, -0.25) is 10.1 Å². The van der Waals surface area contributed by atoms with Gasteiger partial charge in [-0.05, 0) is 24.6 Å². The van der Waals surface area contributed by atoms with Crippen LogP contribution in [0.4, 0.5) is 5.69 Å². The van der Waals surface area contributed by atoms with Gasteiger partial charge in [0, 0.05) is 15.7 Å². The maximum absolute atomic E-state index is 12.4.